The Hall–Kier alpha value is -2.05. The molecule has 1 aromatic heterocycles. The van der Waals surface area contributed by atoms with E-state index in [0.29, 0.717) is 0 Å². The van der Waals surface area contributed by atoms with E-state index in [0.717, 1.165) is 0 Å². The monoisotopic (exact) mass is 198 g/mol. The summed E-state index contributed by atoms with van der Waals surface area (Å²) in [5, 5.41) is 8.42. The Morgan fingerprint density at radius 1 is 1.57 bits per heavy atom. The van der Waals surface area contributed by atoms with E-state index in [1.54, 1.807) is 0 Å². The molecule has 0 saturated carbocycles. The van der Waals surface area contributed by atoms with Crippen molar-refractivity contribution < 1.29 is 14.7 Å². The number of carbonyl (C=O) groups is 2. The lowest BCUT2D eigenvalue weighted by molar-refractivity contribution is -0.137. The summed E-state index contributed by atoms with van der Waals surface area (Å²) in [5.41, 5.74) is 10.4. The van der Waals surface area contributed by atoms with Crippen LogP contribution in [0.2, 0.25) is 0 Å². The van der Waals surface area contributed by atoms with E-state index in [9.17, 15) is 9.59 Å². The number of primary amides is 1. The molecule has 1 rings (SSSR count). The minimum absolute atomic E-state index is 0.0320. The number of nitrogens with two attached hydrogens (primary N) is 2. The highest BCUT2D eigenvalue weighted by Gasteiger charge is 2.12. The number of amides is 1. The van der Waals surface area contributed by atoms with Crippen LogP contribution in [0.4, 0.5) is 5.82 Å². The fourth-order valence-electron chi connectivity index (χ4n) is 0.976. The third-order valence-corrected chi connectivity index (χ3v) is 1.68. The first-order chi connectivity index (χ1) is 6.52. The van der Waals surface area contributed by atoms with Gasteiger partial charge in [-0.1, -0.05) is 0 Å². The second-order valence-electron chi connectivity index (χ2n) is 2.68. The first kappa shape index (κ1) is 10.0. The van der Waals surface area contributed by atoms with E-state index < -0.39 is 11.9 Å². The SMILES string of the molecule is NC(=O)c1ncn(CCC(=O)O)c1N. The molecule has 0 saturated heterocycles. The Bertz CT molecular complexity index is 371. The fraction of sp³-hybridized carbons (Fsp3) is 0.286. The maximum atomic E-state index is 10.7. The number of aliphatic carboxylic acids is 1. The average Bonchev–Trinajstić information content (AvgIpc) is 2.43. The number of aromatic nitrogens is 2. The molecular weight excluding hydrogens is 188 g/mol. The molecule has 1 aromatic rings. The molecule has 0 fully saturated rings. The lowest BCUT2D eigenvalue weighted by Crippen LogP contribution is -2.15. The standard InChI is InChI=1S/C7H10N4O3/c8-6-5(7(9)14)10-3-11(6)2-1-4(12)13/h3H,1-2,8H2,(H2,9,14)(H,12,13). The van der Waals surface area contributed by atoms with Gasteiger partial charge in [-0.3, -0.25) is 9.59 Å². The summed E-state index contributed by atoms with van der Waals surface area (Å²) in [6.45, 7) is 0.168. The topological polar surface area (TPSA) is 124 Å². The van der Waals surface area contributed by atoms with Crippen LogP contribution in [0.3, 0.4) is 0 Å². The van der Waals surface area contributed by atoms with Gasteiger partial charge in [-0.15, -0.1) is 0 Å². The third kappa shape index (κ3) is 2.00. The van der Waals surface area contributed by atoms with E-state index in [2.05, 4.69) is 4.98 Å². The molecule has 0 unspecified atom stereocenters. The summed E-state index contributed by atoms with van der Waals surface area (Å²) in [4.78, 5) is 24.6. The second-order valence-corrected chi connectivity index (χ2v) is 2.68. The van der Waals surface area contributed by atoms with Crippen LogP contribution in [0.25, 0.3) is 0 Å². The number of hydrogen-bond acceptors (Lipinski definition) is 4. The minimum atomic E-state index is -0.946. The van der Waals surface area contributed by atoms with Crippen LogP contribution in [-0.2, 0) is 11.3 Å². The van der Waals surface area contributed by atoms with Crippen LogP contribution < -0.4 is 11.5 Å². The van der Waals surface area contributed by atoms with E-state index in [-0.39, 0.29) is 24.5 Å². The van der Waals surface area contributed by atoms with Gasteiger partial charge in [-0.25, -0.2) is 4.98 Å². The summed E-state index contributed by atoms with van der Waals surface area (Å²) in [7, 11) is 0. The summed E-state index contributed by atoms with van der Waals surface area (Å²) in [5.74, 6) is -1.57. The highest BCUT2D eigenvalue weighted by molar-refractivity contribution is 5.95. The molecule has 0 aliphatic rings. The zero-order valence-electron chi connectivity index (χ0n) is 7.30. The highest BCUT2D eigenvalue weighted by Crippen LogP contribution is 2.09. The van der Waals surface area contributed by atoms with Gasteiger partial charge < -0.3 is 21.1 Å². The van der Waals surface area contributed by atoms with Crippen molar-refractivity contribution in [3.05, 3.63) is 12.0 Å². The van der Waals surface area contributed by atoms with Gasteiger partial charge in [0, 0.05) is 6.54 Å². The van der Waals surface area contributed by atoms with Gasteiger partial charge in [0.15, 0.2) is 5.69 Å². The maximum absolute atomic E-state index is 10.7. The molecule has 7 nitrogen and oxygen atoms in total. The van der Waals surface area contributed by atoms with Gasteiger partial charge in [0.2, 0.25) is 0 Å². The number of nitrogen functional groups attached to an aromatic ring is 1. The van der Waals surface area contributed by atoms with Crippen molar-refractivity contribution in [1.82, 2.24) is 9.55 Å². The van der Waals surface area contributed by atoms with Crippen molar-refractivity contribution in [2.45, 2.75) is 13.0 Å². The zero-order chi connectivity index (χ0) is 10.7. The Morgan fingerprint density at radius 2 is 2.21 bits per heavy atom. The van der Waals surface area contributed by atoms with E-state index in [1.165, 1.54) is 10.9 Å². The average molecular weight is 198 g/mol. The molecule has 1 amide bonds. The second kappa shape index (κ2) is 3.77. The molecule has 14 heavy (non-hydrogen) atoms. The summed E-state index contributed by atoms with van der Waals surface area (Å²) in [6, 6.07) is 0. The van der Waals surface area contributed by atoms with Crippen molar-refractivity contribution in [3.63, 3.8) is 0 Å². The number of anilines is 1. The number of rotatable bonds is 4. The number of hydrogen-bond donors (Lipinski definition) is 3. The first-order valence-corrected chi connectivity index (χ1v) is 3.84. The lowest BCUT2D eigenvalue weighted by Gasteiger charge is -2.01. The number of aryl methyl sites for hydroxylation is 1. The Morgan fingerprint density at radius 3 is 2.64 bits per heavy atom. The predicted octanol–water partition coefficient (Wildman–Crippen LogP) is -0.961. The minimum Gasteiger partial charge on any atom is -0.481 e. The quantitative estimate of drug-likeness (QED) is 0.574. The molecule has 0 aromatic carbocycles. The van der Waals surface area contributed by atoms with Gasteiger partial charge in [-0.2, -0.15) is 0 Å². The molecule has 5 N–H and O–H groups in total. The van der Waals surface area contributed by atoms with Crippen LogP contribution in [0.5, 0.6) is 0 Å². The van der Waals surface area contributed by atoms with Crippen LogP contribution in [0.15, 0.2) is 6.33 Å². The molecule has 1 heterocycles. The van der Waals surface area contributed by atoms with Gasteiger partial charge in [-0.05, 0) is 0 Å². The Labute approximate surface area is 79.3 Å². The number of imidazole rings is 1. The zero-order valence-corrected chi connectivity index (χ0v) is 7.30. The Balaban J connectivity index is 2.79. The van der Waals surface area contributed by atoms with Gasteiger partial charge in [0.25, 0.3) is 5.91 Å². The first-order valence-electron chi connectivity index (χ1n) is 3.84. The van der Waals surface area contributed by atoms with Gasteiger partial charge in [0.05, 0.1) is 12.7 Å². The normalized spacial score (nSPS) is 10.0. The predicted molar refractivity (Wildman–Crippen MR) is 47.4 cm³/mol. The van der Waals surface area contributed by atoms with Crippen molar-refractivity contribution in [2.75, 3.05) is 5.73 Å². The molecular formula is C7H10N4O3. The molecule has 0 atom stereocenters. The Kier molecular flexibility index (Phi) is 2.70. The summed E-state index contributed by atoms with van der Waals surface area (Å²) >= 11 is 0. The van der Waals surface area contributed by atoms with Crippen molar-refractivity contribution >= 4 is 17.7 Å². The van der Waals surface area contributed by atoms with Crippen molar-refractivity contribution in [3.8, 4) is 0 Å². The van der Waals surface area contributed by atoms with Crippen LogP contribution in [0.1, 0.15) is 16.9 Å². The van der Waals surface area contributed by atoms with E-state index >= 15 is 0 Å². The van der Waals surface area contributed by atoms with Crippen molar-refractivity contribution in [2.24, 2.45) is 5.73 Å². The molecule has 0 aliphatic carbocycles. The van der Waals surface area contributed by atoms with Crippen LogP contribution in [-0.4, -0.2) is 26.5 Å². The summed E-state index contributed by atoms with van der Waals surface area (Å²) in [6.07, 6.45) is 1.21. The molecule has 0 radical (unpaired) electrons. The van der Waals surface area contributed by atoms with E-state index in [4.69, 9.17) is 16.6 Å². The fourth-order valence-corrected chi connectivity index (χ4v) is 0.976. The molecule has 76 valence electrons. The number of carboxylic acid groups (broad SMARTS) is 1. The largest absolute Gasteiger partial charge is 0.481 e. The van der Waals surface area contributed by atoms with Crippen molar-refractivity contribution in [1.29, 1.82) is 0 Å². The van der Waals surface area contributed by atoms with Crippen LogP contribution >= 0.6 is 0 Å². The lowest BCUT2D eigenvalue weighted by atomic mass is 10.4. The molecule has 7 heteroatoms. The number of nitrogens with zero attached hydrogens (tertiary/aromatic N) is 2. The number of carbonyl (C=O) groups excluding carboxylic acids is 1. The number of carboxylic acids is 1. The van der Waals surface area contributed by atoms with E-state index in [1.807, 2.05) is 0 Å². The smallest absolute Gasteiger partial charge is 0.305 e. The van der Waals surface area contributed by atoms with Gasteiger partial charge in [0.1, 0.15) is 5.82 Å². The molecule has 0 spiro atoms. The van der Waals surface area contributed by atoms with Gasteiger partial charge >= 0.3 is 5.97 Å². The maximum Gasteiger partial charge on any atom is 0.305 e. The third-order valence-electron chi connectivity index (χ3n) is 1.68. The van der Waals surface area contributed by atoms with Crippen LogP contribution in [0, 0.1) is 0 Å². The summed E-state index contributed by atoms with van der Waals surface area (Å²) < 4.78 is 1.37. The molecule has 0 bridgehead atoms. The highest BCUT2D eigenvalue weighted by atomic mass is 16.4. The molecule has 0 aliphatic heterocycles.